The number of carbonyl (C=O) groups excluding carboxylic acids is 5. The van der Waals surface area contributed by atoms with Gasteiger partial charge < -0.3 is 37.9 Å². The number of esters is 5. The predicted molar refractivity (Wildman–Crippen MR) is 167 cm³/mol. The summed E-state index contributed by atoms with van der Waals surface area (Å²) in [7, 11) is 0. The summed E-state index contributed by atoms with van der Waals surface area (Å²) < 4.78 is 42.4. The summed E-state index contributed by atoms with van der Waals surface area (Å²) in [6.45, 7) is 9.54. The number of aromatic nitrogens is 1. The summed E-state index contributed by atoms with van der Waals surface area (Å²) >= 11 is 0. The molecule has 264 valence electrons. The van der Waals surface area contributed by atoms with Gasteiger partial charge in [-0.15, -0.1) is 0 Å². The molecule has 1 saturated heterocycles. The molecule has 1 spiro atoms. The number of ether oxygens (including phenoxy) is 6. The second-order valence-electron chi connectivity index (χ2n) is 13.4. The lowest BCUT2D eigenvalue weighted by Gasteiger charge is -2.65. The van der Waals surface area contributed by atoms with Gasteiger partial charge in [0.05, 0.1) is 34.5 Å². The highest BCUT2D eigenvalue weighted by Gasteiger charge is 2.87. The lowest BCUT2D eigenvalue weighted by Crippen LogP contribution is -2.83. The summed E-state index contributed by atoms with van der Waals surface area (Å²) in [5, 5.41) is 12.6. The normalized spacial score (nSPS) is 33.1. The second-order valence-corrected chi connectivity index (χ2v) is 13.4. The Morgan fingerprint density at radius 3 is 2.27 bits per heavy atom. The molecule has 5 rings (SSSR count). The number of rotatable bonds is 9. The fourth-order valence-electron chi connectivity index (χ4n) is 7.87. The second kappa shape index (κ2) is 13.0. The highest BCUT2D eigenvalue weighted by atomic mass is 16.6. The van der Waals surface area contributed by atoms with Gasteiger partial charge in [0.15, 0.2) is 11.7 Å². The maximum Gasteiger partial charge on any atom is 0.341 e. The van der Waals surface area contributed by atoms with Crippen molar-refractivity contribution >= 4 is 29.8 Å². The van der Waals surface area contributed by atoms with Crippen LogP contribution in [0, 0.1) is 11.3 Å². The molecule has 1 N–H and O–H groups in total. The van der Waals surface area contributed by atoms with Crippen LogP contribution in [0.15, 0.2) is 59.2 Å². The number of hydrogen-bond acceptors (Lipinski definition) is 14. The number of fused-ring (bicyclic) bond motifs is 1. The molecule has 8 atom stereocenters. The molecule has 14 heteroatoms. The van der Waals surface area contributed by atoms with Gasteiger partial charge in [0.2, 0.25) is 0 Å². The van der Waals surface area contributed by atoms with Gasteiger partial charge in [-0.3, -0.25) is 14.6 Å². The van der Waals surface area contributed by atoms with E-state index in [1.807, 2.05) is 0 Å². The smallest absolute Gasteiger partial charge is 0.341 e. The minimum absolute atomic E-state index is 0.0461. The Morgan fingerprint density at radius 2 is 1.67 bits per heavy atom. The quantitative estimate of drug-likeness (QED) is 0.230. The van der Waals surface area contributed by atoms with Crippen molar-refractivity contribution in [2.45, 2.75) is 103 Å². The third-order valence-electron chi connectivity index (χ3n) is 10.0. The number of carbonyl (C=O) groups is 5. The summed E-state index contributed by atoms with van der Waals surface area (Å²) in [6, 6.07) is 4.41. The van der Waals surface area contributed by atoms with E-state index in [0.717, 1.165) is 13.8 Å². The Morgan fingerprint density at radius 1 is 0.959 bits per heavy atom. The lowest BCUT2D eigenvalue weighted by molar-refractivity contribution is -0.347. The van der Waals surface area contributed by atoms with Gasteiger partial charge in [-0.1, -0.05) is 6.08 Å². The van der Waals surface area contributed by atoms with Crippen molar-refractivity contribution in [3.63, 3.8) is 0 Å². The molecule has 49 heavy (non-hydrogen) atoms. The van der Waals surface area contributed by atoms with Crippen molar-refractivity contribution in [1.29, 1.82) is 0 Å². The first-order valence-electron chi connectivity index (χ1n) is 15.9. The molecule has 2 aromatic heterocycles. The number of aliphatic hydroxyl groups is 1. The molecule has 2 aliphatic carbocycles. The Kier molecular flexibility index (Phi) is 9.52. The molecule has 14 nitrogen and oxygen atoms in total. The number of furan rings is 1. The molecule has 0 amide bonds. The predicted octanol–water partition coefficient (Wildman–Crippen LogP) is 3.51. The minimum atomic E-state index is -2.12. The molecule has 0 unspecified atom stereocenters. The summed E-state index contributed by atoms with van der Waals surface area (Å²) in [4.78, 5) is 70.7. The van der Waals surface area contributed by atoms with Crippen LogP contribution in [0.5, 0.6) is 0 Å². The zero-order valence-electron chi connectivity index (χ0n) is 28.4. The molecule has 2 aromatic rings. The summed E-state index contributed by atoms with van der Waals surface area (Å²) in [6.07, 6.45) is 0.751. The van der Waals surface area contributed by atoms with Crippen LogP contribution in [0.2, 0.25) is 0 Å². The SMILES string of the molecule is C/C=C(\C)C(=O)O[C@H]1[C@H](OC(C)=O)[C@@H]2[C@@H](OC(=O)c3cccnc3)[C@@]3(OC2(C)C)[C@@]1(COC(C)=O)[C@@H](OC(=O)c1ccoc1)CC[C@]3(C)O. The van der Waals surface area contributed by atoms with Crippen molar-refractivity contribution in [2.75, 3.05) is 6.61 Å². The topological polar surface area (TPSA) is 187 Å². The van der Waals surface area contributed by atoms with E-state index in [9.17, 15) is 29.1 Å². The van der Waals surface area contributed by atoms with E-state index in [2.05, 4.69) is 4.98 Å². The van der Waals surface area contributed by atoms with E-state index in [1.54, 1.807) is 26.8 Å². The van der Waals surface area contributed by atoms with Crippen molar-refractivity contribution in [2.24, 2.45) is 11.3 Å². The van der Waals surface area contributed by atoms with Crippen LogP contribution in [0.4, 0.5) is 0 Å². The molecule has 3 aliphatic rings. The van der Waals surface area contributed by atoms with E-state index < -0.39 is 89.0 Å². The fourth-order valence-corrected chi connectivity index (χ4v) is 7.87. The Hall–Kier alpha value is -4.56. The zero-order valence-corrected chi connectivity index (χ0v) is 28.4. The fraction of sp³-hybridized carbons (Fsp3) is 0.543. The minimum Gasteiger partial charge on any atom is -0.472 e. The molecule has 2 saturated carbocycles. The molecule has 0 radical (unpaired) electrons. The van der Waals surface area contributed by atoms with Crippen LogP contribution >= 0.6 is 0 Å². The standard InChI is InChI=1S/C35H41NO13/c1-8-19(2)29(39)48-28-26(45-21(4)38)25-27(47-30(40)22-10-9-14-36-16-22)35(49-32(25,5)6)33(7,42)13-11-24(34(28,35)18-44-20(3)37)46-31(41)23-12-15-43-17-23/h8-10,12,14-17,24-28,42H,11,13,18H2,1-7H3/b19-8+/t24-,25+,26+,27+,28-,33-,34-,35-/m0/s1. The highest BCUT2D eigenvalue weighted by Crippen LogP contribution is 2.69. The first-order valence-corrected chi connectivity index (χ1v) is 15.9. The summed E-state index contributed by atoms with van der Waals surface area (Å²) in [5.74, 6) is -5.15. The lowest BCUT2D eigenvalue weighted by atomic mass is 9.46. The number of nitrogens with zero attached hydrogens (tertiary/aromatic N) is 1. The van der Waals surface area contributed by atoms with Gasteiger partial charge >= 0.3 is 29.8 Å². The summed E-state index contributed by atoms with van der Waals surface area (Å²) in [5.41, 5.74) is -7.19. The molecule has 0 aromatic carbocycles. The van der Waals surface area contributed by atoms with Crippen LogP contribution in [0.3, 0.4) is 0 Å². The van der Waals surface area contributed by atoms with E-state index in [1.165, 1.54) is 57.0 Å². The van der Waals surface area contributed by atoms with E-state index in [4.69, 9.17) is 32.8 Å². The van der Waals surface area contributed by atoms with E-state index in [0.29, 0.717) is 0 Å². The van der Waals surface area contributed by atoms with Gasteiger partial charge in [0.1, 0.15) is 36.6 Å². The number of allylic oxidation sites excluding steroid dienone is 1. The number of pyridine rings is 1. The van der Waals surface area contributed by atoms with Gasteiger partial charge in [-0.05, 0) is 65.7 Å². The molecular weight excluding hydrogens is 642 g/mol. The Labute approximate surface area is 283 Å². The van der Waals surface area contributed by atoms with Gasteiger partial charge in [0, 0.05) is 31.8 Å². The highest BCUT2D eigenvalue weighted by molar-refractivity contribution is 5.90. The van der Waals surface area contributed by atoms with E-state index >= 15 is 0 Å². The van der Waals surface area contributed by atoms with Crippen LogP contribution in [0.1, 0.15) is 82.0 Å². The third-order valence-corrected chi connectivity index (χ3v) is 10.0. The molecule has 1 aliphatic heterocycles. The monoisotopic (exact) mass is 683 g/mol. The van der Waals surface area contributed by atoms with Crippen LogP contribution in [-0.4, -0.2) is 87.8 Å². The molecule has 2 bridgehead atoms. The van der Waals surface area contributed by atoms with Gasteiger partial charge in [-0.2, -0.15) is 0 Å². The van der Waals surface area contributed by atoms with Crippen molar-refractivity contribution in [3.8, 4) is 0 Å². The average molecular weight is 684 g/mol. The van der Waals surface area contributed by atoms with Crippen molar-refractivity contribution in [3.05, 3.63) is 65.9 Å². The van der Waals surface area contributed by atoms with Crippen LogP contribution < -0.4 is 0 Å². The molecular formula is C35H41NO13. The van der Waals surface area contributed by atoms with Crippen molar-refractivity contribution < 1.29 is 61.9 Å². The number of hydrogen-bond donors (Lipinski definition) is 1. The molecule has 3 heterocycles. The third kappa shape index (κ3) is 5.90. The van der Waals surface area contributed by atoms with E-state index in [-0.39, 0.29) is 29.5 Å². The van der Waals surface area contributed by atoms with Gasteiger partial charge in [0.25, 0.3) is 0 Å². The molecule has 3 fully saturated rings. The Balaban J connectivity index is 1.84. The maximum atomic E-state index is 13.8. The first-order chi connectivity index (χ1) is 23.0. The van der Waals surface area contributed by atoms with Crippen LogP contribution in [-0.2, 0) is 42.8 Å². The van der Waals surface area contributed by atoms with Crippen LogP contribution in [0.25, 0.3) is 0 Å². The Bertz CT molecular complexity index is 1630. The maximum absolute atomic E-state index is 13.8. The largest absolute Gasteiger partial charge is 0.472 e. The zero-order chi connectivity index (χ0) is 35.9. The average Bonchev–Trinajstić information content (AvgIpc) is 3.65. The first kappa shape index (κ1) is 35.7. The van der Waals surface area contributed by atoms with Crippen molar-refractivity contribution in [1.82, 2.24) is 4.98 Å². The van der Waals surface area contributed by atoms with Gasteiger partial charge in [-0.25, -0.2) is 14.4 Å².